The molecule has 2 heterocycles. The van der Waals surface area contributed by atoms with Crippen LogP contribution in [0.4, 0.5) is 5.69 Å². The predicted octanol–water partition coefficient (Wildman–Crippen LogP) is 5.59. The van der Waals surface area contributed by atoms with Crippen LogP contribution >= 0.6 is 22.7 Å². The Kier molecular flexibility index (Phi) is 3.88. The first-order chi connectivity index (χ1) is 11.7. The summed E-state index contributed by atoms with van der Waals surface area (Å²) in [4.78, 5) is 17.8. The number of carbonyl (C=O) groups excluding carboxylic acids is 1. The number of hydrogen-bond acceptors (Lipinski definition) is 4. The number of fused-ring (bicyclic) bond motifs is 1. The van der Waals surface area contributed by atoms with E-state index in [9.17, 15) is 4.79 Å². The van der Waals surface area contributed by atoms with Gasteiger partial charge in [0, 0.05) is 11.3 Å². The number of carbonyl (C=O) groups is 1. The highest BCUT2D eigenvalue weighted by Gasteiger charge is 2.12. The van der Waals surface area contributed by atoms with E-state index < -0.39 is 0 Å². The van der Waals surface area contributed by atoms with Crippen LogP contribution in [-0.2, 0) is 0 Å². The third-order valence-corrected chi connectivity index (χ3v) is 5.83. The van der Waals surface area contributed by atoms with Crippen molar-refractivity contribution >= 4 is 44.5 Å². The first-order valence-electron chi connectivity index (χ1n) is 7.52. The van der Waals surface area contributed by atoms with E-state index >= 15 is 0 Å². The molecule has 0 bridgehead atoms. The maximum absolute atomic E-state index is 12.4. The van der Waals surface area contributed by atoms with Crippen molar-refractivity contribution in [3.05, 3.63) is 70.4 Å². The Morgan fingerprint density at radius 3 is 2.75 bits per heavy atom. The zero-order chi connectivity index (χ0) is 16.5. The second-order valence-electron chi connectivity index (χ2n) is 5.45. The summed E-state index contributed by atoms with van der Waals surface area (Å²) in [6.45, 7) is 1.95. The Bertz CT molecular complexity index is 999. The lowest BCUT2D eigenvalue weighted by atomic mass is 10.2. The molecule has 4 aromatic rings. The molecule has 0 aliphatic heterocycles. The summed E-state index contributed by atoms with van der Waals surface area (Å²) >= 11 is 3.11. The predicted molar refractivity (Wildman–Crippen MR) is 102 cm³/mol. The zero-order valence-corrected chi connectivity index (χ0v) is 14.6. The van der Waals surface area contributed by atoms with Gasteiger partial charge in [0.1, 0.15) is 5.01 Å². The molecule has 1 N–H and O–H groups in total. The van der Waals surface area contributed by atoms with Crippen LogP contribution in [0.1, 0.15) is 15.2 Å². The topological polar surface area (TPSA) is 42.0 Å². The van der Waals surface area contributed by atoms with E-state index in [2.05, 4.69) is 16.4 Å². The maximum Gasteiger partial charge on any atom is 0.265 e. The molecule has 3 nitrogen and oxygen atoms in total. The van der Waals surface area contributed by atoms with E-state index in [-0.39, 0.29) is 5.91 Å². The number of rotatable bonds is 3. The number of para-hydroxylation sites is 1. The lowest BCUT2D eigenvalue weighted by Crippen LogP contribution is -2.11. The number of benzene rings is 2. The first kappa shape index (κ1) is 15.1. The Morgan fingerprint density at radius 1 is 1.08 bits per heavy atom. The number of anilines is 1. The van der Waals surface area contributed by atoms with Crippen molar-refractivity contribution in [2.24, 2.45) is 0 Å². The van der Waals surface area contributed by atoms with Gasteiger partial charge in [0.25, 0.3) is 5.91 Å². The molecule has 0 aliphatic rings. The fourth-order valence-corrected chi connectivity index (χ4v) is 4.30. The van der Waals surface area contributed by atoms with Gasteiger partial charge in [-0.1, -0.05) is 24.3 Å². The molecule has 0 saturated heterocycles. The Labute approximate surface area is 147 Å². The number of thiazole rings is 1. The summed E-state index contributed by atoms with van der Waals surface area (Å²) in [6.07, 6.45) is 0. The van der Waals surface area contributed by atoms with Crippen LogP contribution in [0.5, 0.6) is 0 Å². The van der Waals surface area contributed by atoms with E-state index in [1.165, 1.54) is 11.3 Å². The van der Waals surface area contributed by atoms with Gasteiger partial charge in [-0.05, 0) is 48.2 Å². The highest BCUT2D eigenvalue weighted by atomic mass is 32.1. The van der Waals surface area contributed by atoms with Gasteiger partial charge in [-0.2, -0.15) is 0 Å². The molecule has 2 aromatic heterocycles. The average Bonchev–Trinajstić information content (AvgIpc) is 3.21. The first-order valence-corrected chi connectivity index (χ1v) is 9.22. The molecule has 24 heavy (non-hydrogen) atoms. The van der Waals surface area contributed by atoms with Crippen LogP contribution in [-0.4, -0.2) is 10.9 Å². The smallest absolute Gasteiger partial charge is 0.265 e. The van der Waals surface area contributed by atoms with Crippen LogP contribution in [0.15, 0.2) is 60.0 Å². The van der Waals surface area contributed by atoms with Crippen molar-refractivity contribution in [1.82, 2.24) is 4.98 Å². The molecule has 4 rings (SSSR count). The minimum absolute atomic E-state index is 0.0658. The molecular formula is C19H14N2OS2. The lowest BCUT2D eigenvalue weighted by molar-refractivity contribution is 0.103. The summed E-state index contributed by atoms with van der Waals surface area (Å²) < 4.78 is 1.16. The largest absolute Gasteiger partial charge is 0.321 e. The van der Waals surface area contributed by atoms with Gasteiger partial charge in [-0.15, -0.1) is 22.7 Å². The number of thiophene rings is 1. The molecule has 0 aliphatic carbocycles. The van der Waals surface area contributed by atoms with Crippen LogP contribution in [0.25, 0.3) is 20.8 Å². The summed E-state index contributed by atoms with van der Waals surface area (Å²) in [5.41, 5.74) is 3.79. The van der Waals surface area contributed by atoms with Crippen LogP contribution in [0.2, 0.25) is 0 Å². The van der Waals surface area contributed by atoms with Crippen molar-refractivity contribution in [3.63, 3.8) is 0 Å². The fraction of sp³-hybridized carbons (Fsp3) is 0.0526. The van der Waals surface area contributed by atoms with Crippen molar-refractivity contribution in [2.75, 3.05) is 5.32 Å². The van der Waals surface area contributed by atoms with Gasteiger partial charge >= 0.3 is 0 Å². The normalized spacial score (nSPS) is 10.9. The second kappa shape index (κ2) is 6.19. The summed E-state index contributed by atoms with van der Waals surface area (Å²) in [6, 6.07) is 17.9. The number of nitrogens with zero attached hydrogens (tertiary/aromatic N) is 1. The quantitative estimate of drug-likeness (QED) is 0.523. The van der Waals surface area contributed by atoms with Gasteiger partial charge in [0.2, 0.25) is 0 Å². The van der Waals surface area contributed by atoms with Crippen molar-refractivity contribution < 1.29 is 4.79 Å². The SMILES string of the molecule is Cc1ccsc1C(=O)Nc1cccc(-c2nc3ccccc3s2)c1. The van der Waals surface area contributed by atoms with Crippen molar-refractivity contribution in [3.8, 4) is 10.6 Å². The highest BCUT2D eigenvalue weighted by molar-refractivity contribution is 7.21. The highest BCUT2D eigenvalue weighted by Crippen LogP contribution is 2.31. The Balaban J connectivity index is 1.64. The van der Waals surface area contributed by atoms with E-state index in [1.807, 2.05) is 60.8 Å². The lowest BCUT2D eigenvalue weighted by Gasteiger charge is -2.06. The molecule has 0 radical (unpaired) electrons. The monoisotopic (exact) mass is 350 g/mol. The molecule has 2 aromatic carbocycles. The summed E-state index contributed by atoms with van der Waals surface area (Å²) in [7, 11) is 0. The van der Waals surface area contributed by atoms with Gasteiger partial charge in [0.05, 0.1) is 15.1 Å². The van der Waals surface area contributed by atoms with Crippen LogP contribution in [0.3, 0.4) is 0 Å². The molecule has 1 amide bonds. The van der Waals surface area contributed by atoms with Crippen molar-refractivity contribution in [2.45, 2.75) is 6.92 Å². The van der Waals surface area contributed by atoms with Crippen molar-refractivity contribution in [1.29, 1.82) is 0 Å². The molecule has 0 atom stereocenters. The van der Waals surface area contributed by atoms with E-state index in [1.54, 1.807) is 11.3 Å². The van der Waals surface area contributed by atoms with E-state index in [0.717, 1.165) is 36.9 Å². The van der Waals surface area contributed by atoms with Crippen LogP contribution in [0, 0.1) is 6.92 Å². The Hall–Kier alpha value is -2.50. The minimum Gasteiger partial charge on any atom is -0.321 e. The Morgan fingerprint density at radius 2 is 1.96 bits per heavy atom. The van der Waals surface area contributed by atoms with E-state index in [0.29, 0.717) is 0 Å². The molecule has 5 heteroatoms. The average molecular weight is 350 g/mol. The summed E-state index contributed by atoms with van der Waals surface area (Å²) in [5.74, 6) is -0.0658. The zero-order valence-electron chi connectivity index (χ0n) is 12.9. The standard InChI is InChI=1S/C19H14N2OS2/c1-12-9-10-23-17(12)18(22)20-14-6-4-5-13(11-14)19-21-15-7-2-3-8-16(15)24-19/h2-11H,1H3,(H,20,22). The third kappa shape index (κ3) is 2.84. The summed E-state index contributed by atoms with van der Waals surface area (Å²) in [5, 5.41) is 5.87. The molecule has 0 unspecified atom stereocenters. The van der Waals surface area contributed by atoms with Gasteiger partial charge < -0.3 is 5.32 Å². The maximum atomic E-state index is 12.4. The van der Waals surface area contributed by atoms with Gasteiger partial charge in [-0.3, -0.25) is 4.79 Å². The molecule has 0 spiro atoms. The van der Waals surface area contributed by atoms with Crippen LogP contribution < -0.4 is 5.32 Å². The fourth-order valence-electron chi connectivity index (χ4n) is 2.52. The number of aryl methyl sites for hydroxylation is 1. The molecule has 118 valence electrons. The number of aromatic nitrogens is 1. The molecule has 0 fully saturated rings. The number of amides is 1. The molecular weight excluding hydrogens is 336 g/mol. The molecule has 0 saturated carbocycles. The second-order valence-corrected chi connectivity index (χ2v) is 7.40. The third-order valence-electron chi connectivity index (χ3n) is 3.73. The van der Waals surface area contributed by atoms with Gasteiger partial charge in [-0.25, -0.2) is 4.98 Å². The minimum atomic E-state index is -0.0658. The van der Waals surface area contributed by atoms with Gasteiger partial charge in [0.15, 0.2) is 0 Å². The number of nitrogens with one attached hydrogen (secondary N) is 1. The van der Waals surface area contributed by atoms with E-state index in [4.69, 9.17) is 0 Å². The number of hydrogen-bond donors (Lipinski definition) is 1.